The second-order valence-electron chi connectivity index (χ2n) is 1.88. The van der Waals surface area contributed by atoms with Crippen LogP contribution in [0.4, 0.5) is 4.39 Å². The largest absolute Gasteiger partial charge is 0.264 e. The van der Waals surface area contributed by atoms with Crippen LogP contribution >= 0.6 is 22.3 Å². The van der Waals surface area contributed by atoms with Crippen molar-refractivity contribution < 1.29 is 12.8 Å². The molecule has 0 bridgehead atoms. The molecule has 1 aromatic heterocycles. The minimum atomic E-state index is -4.02. The second kappa shape index (κ2) is 3.16. The maximum absolute atomic E-state index is 12.4. The van der Waals surface area contributed by atoms with E-state index in [9.17, 15) is 12.8 Å². The zero-order valence-electron chi connectivity index (χ0n) is 5.46. The fourth-order valence-corrected chi connectivity index (χ4v) is 1.96. The second-order valence-corrected chi connectivity index (χ2v) is 4.77. The summed E-state index contributed by atoms with van der Waals surface area (Å²) >= 11 is 5.34. The van der Waals surface area contributed by atoms with E-state index < -0.39 is 19.8 Å². The lowest BCUT2D eigenvalue weighted by Gasteiger charge is -1.97. The van der Waals surface area contributed by atoms with Crippen LogP contribution in [-0.2, 0) is 9.05 Å². The third-order valence-electron chi connectivity index (χ3n) is 1.04. The molecule has 0 fully saturated rings. The van der Waals surface area contributed by atoms with E-state index in [4.69, 9.17) is 22.3 Å². The number of halogens is 3. The molecule has 0 aliphatic heterocycles. The van der Waals surface area contributed by atoms with Crippen LogP contribution in [0.25, 0.3) is 0 Å². The number of pyridine rings is 1. The third kappa shape index (κ3) is 2.06. The highest BCUT2D eigenvalue weighted by Gasteiger charge is 2.16. The molecule has 0 aliphatic rings. The molecule has 0 saturated heterocycles. The number of rotatable bonds is 1. The highest BCUT2D eigenvalue weighted by molar-refractivity contribution is 8.13. The zero-order chi connectivity index (χ0) is 9.35. The Hall–Kier alpha value is -0.390. The first kappa shape index (κ1) is 9.70. The van der Waals surface area contributed by atoms with Crippen LogP contribution in [0.3, 0.4) is 0 Å². The predicted molar refractivity (Wildman–Crippen MR) is 42.2 cm³/mol. The molecule has 1 heterocycles. The van der Waals surface area contributed by atoms with E-state index in [2.05, 4.69) is 4.98 Å². The van der Waals surface area contributed by atoms with E-state index in [-0.39, 0.29) is 5.15 Å². The maximum Gasteiger partial charge on any atom is 0.264 e. The Balaban J connectivity index is 3.43. The van der Waals surface area contributed by atoms with Crippen LogP contribution in [-0.4, -0.2) is 13.4 Å². The average molecular weight is 230 g/mol. The van der Waals surface area contributed by atoms with E-state index >= 15 is 0 Å². The molecule has 0 spiro atoms. The topological polar surface area (TPSA) is 47.0 Å². The Morgan fingerprint density at radius 2 is 2.08 bits per heavy atom. The molecule has 66 valence electrons. The van der Waals surface area contributed by atoms with Gasteiger partial charge in [-0.15, -0.1) is 0 Å². The molecule has 0 saturated carbocycles. The monoisotopic (exact) mass is 229 g/mol. The number of nitrogens with zero attached hydrogens (tertiary/aromatic N) is 1. The van der Waals surface area contributed by atoms with Gasteiger partial charge in [-0.25, -0.2) is 17.8 Å². The molecule has 0 atom stereocenters. The van der Waals surface area contributed by atoms with Crippen LogP contribution < -0.4 is 0 Å². The van der Waals surface area contributed by atoms with Crippen molar-refractivity contribution in [2.75, 3.05) is 0 Å². The fourth-order valence-electron chi connectivity index (χ4n) is 0.575. The van der Waals surface area contributed by atoms with Crippen molar-refractivity contribution in [1.82, 2.24) is 4.98 Å². The Morgan fingerprint density at radius 1 is 1.50 bits per heavy atom. The molecule has 3 nitrogen and oxygen atoms in total. The van der Waals surface area contributed by atoms with E-state index in [0.717, 1.165) is 6.20 Å². The molecule has 0 aliphatic carbocycles. The lowest BCUT2D eigenvalue weighted by Crippen LogP contribution is -1.95. The van der Waals surface area contributed by atoms with Gasteiger partial charge in [0.05, 0.1) is 6.20 Å². The van der Waals surface area contributed by atoms with Gasteiger partial charge < -0.3 is 0 Å². The van der Waals surface area contributed by atoms with E-state index in [1.54, 1.807) is 0 Å². The molecule has 0 aromatic carbocycles. The first-order valence-electron chi connectivity index (χ1n) is 2.67. The van der Waals surface area contributed by atoms with Gasteiger partial charge in [0.2, 0.25) is 0 Å². The van der Waals surface area contributed by atoms with Gasteiger partial charge in [0.15, 0.2) is 0 Å². The van der Waals surface area contributed by atoms with Crippen LogP contribution in [0.2, 0.25) is 5.15 Å². The molecule has 1 aromatic rings. The normalized spacial score (nSPS) is 11.6. The molecule has 0 amide bonds. The van der Waals surface area contributed by atoms with Gasteiger partial charge in [-0.3, -0.25) is 0 Å². The summed E-state index contributed by atoms with van der Waals surface area (Å²) in [4.78, 5) is 2.75. The summed E-state index contributed by atoms with van der Waals surface area (Å²) in [5, 5.41) is -0.341. The molecule has 12 heavy (non-hydrogen) atoms. The summed E-state index contributed by atoms with van der Waals surface area (Å²) in [6.45, 7) is 0. The van der Waals surface area contributed by atoms with E-state index in [0.29, 0.717) is 6.07 Å². The van der Waals surface area contributed by atoms with Crippen LogP contribution in [0, 0.1) is 5.82 Å². The van der Waals surface area contributed by atoms with Crippen molar-refractivity contribution in [1.29, 1.82) is 0 Å². The Kier molecular flexibility index (Phi) is 2.55. The quantitative estimate of drug-likeness (QED) is 0.545. The number of hydrogen-bond acceptors (Lipinski definition) is 3. The lowest BCUT2D eigenvalue weighted by molar-refractivity contribution is 0.598. The predicted octanol–water partition coefficient (Wildman–Crippen LogP) is 1.80. The standard InChI is InChI=1S/C5H2Cl2FNO2S/c6-5-4(12(7,10)11)1-3(8)2-9-5/h1-2H. The summed E-state index contributed by atoms with van der Waals surface area (Å²) in [5.74, 6) is -0.807. The smallest absolute Gasteiger partial charge is 0.240 e. The van der Waals surface area contributed by atoms with Crippen molar-refractivity contribution in [3.8, 4) is 0 Å². The van der Waals surface area contributed by atoms with E-state index in [1.165, 1.54) is 0 Å². The summed E-state index contributed by atoms with van der Waals surface area (Å²) in [6.07, 6.45) is 0.800. The number of aromatic nitrogens is 1. The summed E-state index contributed by atoms with van der Waals surface area (Å²) in [5.41, 5.74) is 0. The maximum atomic E-state index is 12.4. The molecule has 0 unspecified atom stereocenters. The van der Waals surface area contributed by atoms with Crippen LogP contribution in [0.15, 0.2) is 17.2 Å². The van der Waals surface area contributed by atoms with Gasteiger partial charge in [0.1, 0.15) is 15.9 Å². The molecular weight excluding hydrogens is 228 g/mol. The first-order chi connectivity index (χ1) is 5.41. The molecular formula is C5H2Cl2FNO2S. The Morgan fingerprint density at radius 3 is 2.50 bits per heavy atom. The highest BCUT2D eigenvalue weighted by atomic mass is 35.7. The zero-order valence-corrected chi connectivity index (χ0v) is 7.79. The molecule has 0 N–H and O–H groups in total. The van der Waals surface area contributed by atoms with Crippen molar-refractivity contribution >= 4 is 31.3 Å². The summed E-state index contributed by atoms with van der Waals surface area (Å²) in [7, 11) is 0.899. The number of hydrogen-bond donors (Lipinski definition) is 0. The molecule has 1 rings (SSSR count). The van der Waals surface area contributed by atoms with Crippen molar-refractivity contribution in [3.63, 3.8) is 0 Å². The van der Waals surface area contributed by atoms with Crippen molar-refractivity contribution in [3.05, 3.63) is 23.2 Å². The minimum absolute atomic E-state index is 0.341. The summed E-state index contributed by atoms with van der Waals surface area (Å²) in [6, 6.07) is 0.706. The van der Waals surface area contributed by atoms with Gasteiger partial charge in [0, 0.05) is 10.7 Å². The van der Waals surface area contributed by atoms with Gasteiger partial charge in [-0.1, -0.05) is 11.6 Å². The van der Waals surface area contributed by atoms with Gasteiger partial charge in [-0.2, -0.15) is 0 Å². The van der Waals surface area contributed by atoms with E-state index in [1.807, 2.05) is 0 Å². The highest BCUT2D eigenvalue weighted by Crippen LogP contribution is 2.22. The Bertz CT molecular complexity index is 406. The van der Waals surface area contributed by atoms with Crippen molar-refractivity contribution in [2.45, 2.75) is 4.90 Å². The van der Waals surface area contributed by atoms with Crippen LogP contribution in [0.5, 0.6) is 0 Å². The molecule has 7 heteroatoms. The minimum Gasteiger partial charge on any atom is -0.240 e. The summed E-state index contributed by atoms with van der Waals surface area (Å²) < 4.78 is 33.8. The van der Waals surface area contributed by atoms with Crippen LogP contribution in [0.1, 0.15) is 0 Å². The first-order valence-corrected chi connectivity index (χ1v) is 5.35. The van der Waals surface area contributed by atoms with Gasteiger partial charge in [-0.05, 0) is 6.07 Å². The Labute approximate surface area is 77.6 Å². The van der Waals surface area contributed by atoms with Crippen molar-refractivity contribution in [2.24, 2.45) is 0 Å². The third-order valence-corrected chi connectivity index (χ3v) is 2.78. The SMILES string of the molecule is O=S(=O)(Cl)c1cc(F)cnc1Cl. The van der Waals surface area contributed by atoms with Gasteiger partial charge in [0.25, 0.3) is 9.05 Å². The van der Waals surface area contributed by atoms with Gasteiger partial charge >= 0.3 is 0 Å². The average Bonchev–Trinajstić information content (AvgIpc) is 1.92. The fraction of sp³-hybridized carbons (Fsp3) is 0. The lowest BCUT2D eigenvalue weighted by atomic mass is 10.5. The molecule has 0 radical (unpaired) electrons.